The predicted molar refractivity (Wildman–Crippen MR) is 90.4 cm³/mol. The van der Waals surface area contributed by atoms with E-state index < -0.39 is 5.60 Å². The van der Waals surface area contributed by atoms with Crippen molar-refractivity contribution >= 4 is 17.6 Å². The van der Waals surface area contributed by atoms with Crippen molar-refractivity contribution in [3.63, 3.8) is 0 Å². The molecule has 0 unspecified atom stereocenters. The fourth-order valence-corrected chi connectivity index (χ4v) is 2.99. The Morgan fingerprint density at radius 1 is 1.52 bits per heavy atom. The van der Waals surface area contributed by atoms with Gasteiger partial charge in [-0.15, -0.1) is 0 Å². The predicted octanol–water partition coefficient (Wildman–Crippen LogP) is 0.851. The summed E-state index contributed by atoms with van der Waals surface area (Å²) >= 11 is 0. The number of carbonyl (C=O) groups excluding carboxylic acids is 1. The van der Waals surface area contributed by atoms with Crippen LogP contribution in [0, 0.1) is 24.7 Å². The number of nitrogens with zero attached hydrogens (tertiary/aromatic N) is 4. The average molecular weight is 343 g/mol. The molecule has 2 aromatic heterocycles. The Hall–Kier alpha value is -2.66. The first kappa shape index (κ1) is 17.2. The summed E-state index contributed by atoms with van der Waals surface area (Å²) in [5.41, 5.74) is 6.23. The van der Waals surface area contributed by atoms with Gasteiger partial charge in [0.05, 0.1) is 17.9 Å². The van der Waals surface area contributed by atoms with Crippen molar-refractivity contribution in [1.29, 1.82) is 0 Å². The van der Waals surface area contributed by atoms with E-state index in [1.807, 2.05) is 0 Å². The third-order valence-electron chi connectivity index (χ3n) is 4.52. The van der Waals surface area contributed by atoms with Crippen molar-refractivity contribution in [3.05, 3.63) is 17.6 Å². The van der Waals surface area contributed by atoms with Gasteiger partial charge in [0.15, 0.2) is 0 Å². The molecule has 0 bridgehead atoms. The Kier molecular flexibility index (Phi) is 4.59. The van der Waals surface area contributed by atoms with E-state index in [0.29, 0.717) is 42.3 Å². The van der Waals surface area contributed by atoms with Crippen LogP contribution in [0.15, 0.2) is 6.33 Å². The molecule has 132 valence electrons. The molecule has 0 aromatic carbocycles. The third kappa shape index (κ3) is 3.72. The Bertz CT molecular complexity index is 856. The number of ether oxygens (including phenoxy) is 1. The molecule has 3 rings (SSSR count). The normalized spacial score (nSPS) is 23.1. The zero-order valence-corrected chi connectivity index (χ0v) is 14.3. The van der Waals surface area contributed by atoms with E-state index in [0.717, 1.165) is 12.8 Å². The van der Waals surface area contributed by atoms with Gasteiger partial charge in [0.25, 0.3) is 5.78 Å². The lowest BCUT2D eigenvalue weighted by Crippen LogP contribution is -2.34. The van der Waals surface area contributed by atoms with Gasteiger partial charge in [0.1, 0.15) is 17.7 Å². The number of esters is 1. The number of aryl methyl sites for hydroxylation is 1. The van der Waals surface area contributed by atoms with E-state index in [1.165, 1.54) is 17.8 Å². The molecule has 2 aromatic rings. The van der Waals surface area contributed by atoms with Crippen LogP contribution in [0.5, 0.6) is 0 Å². The average Bonchev–Trinajstić information content (AvgIpc) is 3.02. The number of anilines is 1. The maximum Gasteiger partial charge on any atom is 0.302 e. The van der Waals surface area contributed by atoms with Crippen LogP contribution in [0.4, 0.5) is 5.82 Å². The largest absolute Gasteiger partial charge is 0.466 e. The SMILES string of the molecule is CC(=O)OCC1CCC(O)(C#Cc2c(C)nc3ncnn3c2N)CC1. The van der Waals surface area contributed by atoms with E-state index in [9.17, 15) is 9.90 Å². The van der Waals surface area contributed by atoms with E-state index >= 15 is 0 Å². The minimum absolute atomic E-state index is 0.269. The van der Waals surface area contributed by atoms with Crippen molar-refractivity contribution in [1.82, 2.24) is 19.6 Å². The maximum absolute atomic E-state index is 10.9. The van der Waals surface area contributed by atoms with Gasteiger partial charge in [-0.1, -0.05) is 11.8 Å². The summed E-state index contributed by atoms with van der Waals surface area (Å²) in [6.07, 6.45) is 3.96. The first-order valence-electron chi connectivity index (χ1n) is 8.23. The van der Waals surface area contributed by atoms with Gasteiger partial charge in [-0.05, 0) is 38.5 Å². The van der Waals surface area contributed by atoms with Crippen LogP contribution >= 0.6 is 0 Å². The molecule has 0 amide bonds. The van der Waals surface area contributed by atoms with Crippen molar-refractivity contribution < 1.29 is 14.6 Å². The Morgan fingerprint density at radius 3 is 2.92 bits per heavy atom. The quantitative estimate of drug-likeness (QED) is 0.613. The van der Waals surface area contributed by atoms with Crippen LogP contribution in [0.2, 0.25) is 0 Å². The molecule has 25 heavy (non-hydrogen) atoms. The van der Waals surface area contributed by atoms with E-state index in [-0.39, 0.29) is 11.9 Å². The highest BCUT2D eigenvalue weighted by atomic mass is 16.5. The van der Waals surface area contributed by atoms with E-state index in [2.05, 4.69) is 26.9 Å². The molecule has 3 N–H and O–H groups in total. The molecule has 1 saturated carbocycles. The molecule has 0 saturated heterocycles. The van der Waals surface area contributed by atoms with Gasteiger partial charge in [-0.3, -0.25) is 4.79 Å². The molecular formula is C17H21N5O3. The Morgan fingerprint density at radius 2 is 2.24 bits per heavy atom. The first-order valence-corrected chi connectivity index (χ1v) is 8.23. The van der Waals surface area contributed by atoms with E-state index in [4.69, 9.17) is 10.5 Å². The summed E-state index contributed by atoms with van der Waals surface area (Å²) in [5.74, 6) is 6.71. The number of nitrogen functional groups attached to an aromatic ring is 1. The van der Waals surface area contributed by atoms with Gasteiger partial charge < -0.3 is 15.6 Å². The molecule has 1 fully saturated rings. The van der Waals surface area contributed by atoms with Crippen LogP contribution in [-0.4, -0.2) is 42.9 Å². The Labute approximate surface area is 145 Å². The molecule has 0 atom stereocenters. The zero-order chi connectivity index (χ0) is 18.0. The molecule has 0 aliphatic heterocycles. The topological polar surface area (TPSA) is 116 Å². The highest BCUT2D eigenvalue weighted by Crippen LogP contribution is 2.32. The highest BCUT2D eigenvalue weighted by molar-refractivity contribution is 5.65. The van der Waals surface area contributed by atoms with Gasteiger partial charge in [0.2, 0.25) is 0 Å². The fraction of sp³-hybridized carbons (Fsp3) is 0.529. The molecule has 0 radical (unpaired) electrons. The fourth-order valence-electron chi connectivity index (χ4n) is 2.99. The van der Waals surface area contributed by atoms with Crippen LogP contribution in [0.3, 0.4) is 0 Å². The van der Waals surface area contributed by atoms with Crippen molar-refractivity contribution in [2.24, 2.45) is 5.92 Å². The number of hydrogen-bond acceptors (Lipinski definition) is 7. The number of nitrogens with two attached hydrogens (primary N) is 1. The lowest BCUT2D eigenvalue weighted by Gasteiger charge is -2.31. The monoisotopic (exact) mass is 343 g/mol. The second kappa shape index (κ2) is 6.69. The lowest BCUT2D eigenvalue weighted by molar-refractivity contribution is -0.143. The summed E-state index contributed by atoms with van der Waals surface area (Å²) in [7, 11) is 0. The third-order valence-corrected chi connectivity index (χ3v) is 4.52. The maximum atomic E-state index is 10.9. The first-order chi connectivity index (χ1) is 11.9. The molecule has 0 spiro atoms. The molecule has 8 heteroatoms. The summed E-state index contributed by atoms with van der Waals surface area (Å²) in [6.45, 7) is 3.60. The molecule has 1 aliphatic rings. The smallest absolute Gasteiger partial charge is 0.302 e. The van der Waals surface area contributed by atoms with Crippen LogP contribution in [0.1, 0.15) is 43.9 Å². The molecular weight excluding hydrogens is 322 g/mol. The van der Waals surface area contributed by atoms with Crippen LogP contribution in [0.25, 0.3) is 5.78 Å². The second-order valence-electron chi connectivity index (χ2n) is 6.46. The van der Waals surface area contributed by atoms with Crippen molar-refractivity contribution in [3.8, 4) is 11.8 Å². The van der Waals surface area contributed by atoms with Crippen LogP contribution < -0.4 is 5.73 Å². The number of fused-ring (bicyclic) bond motifs is 1. The summed E-state index contributed by atoms with van der Waals surface area (Å²) in [5, 5.41) is 14.7. The molecule has 8 nitrogen and oxygen atoms in total. The van der Waals surface area contributed by atoms with Gasteiger partial charge >= 0.3 is 5.97 Å². The summed E-state index contributed by atoms with van der Waals surface area (Å²) in [6, 6.07) is 0. The lowest BCUT2D eigenvalue weighted by atomic mass is 9.79. The Balaban J connectivity index is 1.74. The molecule has 1 aliphatic carbocycles. The number of aliphatic hydroxyl groups is 1. The van der Waals surface area contributed by atoms with Crippen LogP contribution in [-0.2, 0) is 9.53 Å². The highest BCUT2D eigenvalue weighted by Gasteiger charge is 2.32. The van der Waals surface area contributed by atoms with Gasteiger partial charge in [-0.25, -0.2) is 4.98 Å². The summed E-state index contributed by atoms with van der Waals surface area (Å²) in [4.78, 5) is 19.2. The van der Waals surface area contributed by atoms with E-state index in [1.54, 1.807) is 6.92 Å². The van der Waals surface area contributed by atoms with Crippen molar-refractivity contribution in [2.45, 2.75) is 45.1 Å². The zero-order valence-electron chi connectivity index (χ0n) is 14.3. The van der Waals surface area contributed by atoms with Crippen molar-refractivity contribution in [2.75, 3.05) is 12.3 Å². The number of hydrogen-bond donors (Lipinski definition) is 2. The minimum Gasteiger partial charge on any atom is -0.466 e. The number of aromatic nitrogens is 4. The summed E-state index contributed by atoms with van der Waals surface area (Å²) < 4.78 is 6.47. The number of rotatable bonds is 2. The van der Waals surface area contributed by atoms with Gasteiger partial charge in [-0.2, -0.15) is 14.6 Å². The number of carbonyl (C=O) groups is 1. The van der Waals surface area contributed by atoms with Gasteiger partial charge in [0, 0.05) is 6.92 Å². The molecule has 2 heterocycles. The minimum atomic E-state index is -1.07. The second-order valence-corrected chi connectivity index (χ2v) is 6.46. The standard InChI is InChI=1S/C17H21N5O3/c1-11-14(15(18)22-16(21-11)19-10-20-22)5-8-17(24)6-3-13(4-7-17)9-25-12(2)23/h10,13,24H,3-4,6-7,9,18H2,1-2H3.